The van der Waals surface area contributed by atoms with Crippen LogP contribution < -0.4 is 10.1 Å². The molecule has 1 aromatic carbocycles. The van der Waals surface area contributed by atoms with E-state index in [1.807, 2.05) is 0 Å². The van der Waals surface area contributed by atoms with Gasteiger partial charge in [0.05, 0.1) is 6.61 Å². The zero-order valence-electron chi connectivity index (χ0n) is 13.6. The van der Waals surface area contributed by atoms with Crippen LogP contribution in [0.1, 0.15) is 51.0 Å². The Labute approximate surface area is 129 Å². The number of ether oxygens (including phenoxy) is 1. The third-order valence-corrected chi connectivity index (χ3v) is 5.49. The van der Waals surface area contributed by atoms with Crippen molar-refractivity contribution in [3.05, 3.63) is 29.8 Å². The molecule has 3 rings (SSSR count). The number of nitrogens with one attached hydrogen (secondary N) is 1. The molecule has 2 aliphatic rings. The topological polar surface area (TPSA) is 21.3 Å². The molecule has 2 nitrogen and oxygen atoms in total. The molecule has 1 heterocycles. The van der Waals surface area contributed by atoms with E-state index in [9.17, 15) is 0 Å². The molecule has 1 aromatic rings. The number of hydrogen-bond acceptors (Lipinski definition) is 2. The summed E-state index contributed by atoms with van der Waals surface area (Å²) in [6.07, 6.45) is 5.28. The molecule has 0 amide bonds. The smallest absolute Gasteiger partial charge is 0.122 e. The molecule has 1 N–H and O–H groups in total. The highest BCUT2D eigenvalue weighted by molar-refractivity contribution is 5.38. The molecule has 1 aliphatic heterocycles. The molecular weight excluding hydrogens is 258 g/mol. The van der Waals surface area contributed by atoms with Gasteiger partial charge in [-0.15, -0.1) is 0 Å². The van der Waals surface area contributed by atoms with Crippen LogP contribution in [0.3, 0.4) is 0 Å². The van der Waals surface area contributed by atoms with Gasteiger partial charge in [-0.2, -0.15) is 0 Å². The Morgan fingerprint density at radius 2 is 1.81 bits per heavy atom. The minimum Gasteiger partial charge on any atom is -0.493 e. The van der Waals surface area contributed by atoms with Crippen molar-refractivity contribution in [2.24, 2.45) is 17.8 Å². The molecule has 1 saturated carbocycles. The van der Waals surface area contributed by atoms with Crippen molar-refractivity contribution >= 4 is 0 Å². The van der Waals surface area contributed by atoms with Crippen molar-refractivity contribution in [2.45, 2.75) is 51.5 Å². The van der Waals surface area contributed by atoms with Gasteiger partial charge in [-0.05, 0) is 62.1 Å². The minimum absolute atomic E-state index is 0.584. The van der Waals surface area contributed by atoms with Gasteiger partial charge in [-0.1, -0.05) is 32.0 Å². The molecule has 0 bridgehead atoms. The molecule has 2 heteroatoms. The summed E-state index contributed by atoms with van der Waals surface area (Å²) in [6.45, 7) is 5.71. The van der Waals surface area contributed by atoms with Crippen LogP contribution in [0.5, 0.6) is 5.75 Å². The summed E-state index contributed by atoms with van der Waals surface area (Å²) in [7, 11) is 2.15. The van der Waals surface area contributed by atoms with Crippen LogP contribution in [-0.4, -0.2) is 19.7 Å². The van der Waals surface area contributed by atoms with Crippen LogP contribution in [0.4, 0.5) is 0 Å². The first-order chi connectivity index (χ1) is 10.2. The monoisotopic (exact) mass is 287 g/mol. The van der Waals surface area contributed by atoms with Crippen molar-refractivity contribution in [1.82, 2.24) is 5.32 Å². The quantitative estimate of drug-likeness (QED) is 0.899. The summed E-state index contributed by atoms with van der Waals surface area (Å²) in [5, 5.41) is 3.67. The zero-order chi connectivity index (χ0) is 14.8. The van der Waals surface area contributed by atoms with Crippen LogP contribution in [0.15, 0.2) is 24.3 Å². The number of fused-ring (bicyclic) bond motifs is 1. The SMILES string of the molecule is CNC(C1CC(C)CC(C)C1)C1CCOc2ccccc21. The fourth-order valence-electron chi connectivity index (χ4n) is 4.81. The molecule has 1 fully saturated rings. The van der Waals surface area contributed by atoms with Crippen molar-refractivity contribution < 1.29 is 4.74 Å². The normalized spacial score (nSPS) is 33.9. The maximum absolute atomic E-state index is 5.85. The van der Waals surface area contributed by atoms with Gasteiger partial charge in [0, 0.05) is 12.0 Å². The molecule has 4 unspecified atom stereocenters. The number of hydrogen-bond donors (Lipinski definition) is 1. The molecule has 116 valence electrons. The van der Waals surface area contributed by atoms with E-state index in [0.717, 1.165) is 36.5 Å². The van der Waals surface area contributed by atoms with E-state index in [1.165, 1.54) is 24.8 Å². The van der Waals surface area contributed by atoms with Crippen molar-refractivity contribution in [3.8, 4) is 5.75 Å². The summed E-state index contributed by atoms with van der Waals surface area (Å²) in [6, 6.07) is 9.21. The van der Waals surface area contributed by atoms with Gasteiger partial charge in [-0.3, -0.25) is 0 Å². The van der Waals surface area contributed by atoms with E-state index < -0.39 is 0 Å². The van der Waals surface area contributed by atoms with Gasteiger partial charge in [0.25, 0.3) is 0 Å². The Morgan fingerprint density at radius 1 is 1.10 bits per heavy atom. The largest absolute Gasteiger partial charge is 0.493 e. The maximum Gasteiger partial charge on any atom is 0.122 e. The van der Waals surface area contributed by atoms with Gasteiger partial charge < -0.3 is 10.1 Å². The lowest BCUT2D eigenvalue weighted by molar-refractivity contribution is 0.148. The number of likely N-dealkylation sites (N-methyl/N-ethyl adjacent to an activating group) is 1. The lowest BCUT2D eigenvalue weighted by Gasteiger charge is -2.41. The van der Waals surface area contributed by atoms with Gasteiger partial charge >= 0.3 is 0 Å². The lowest BCUT2D eigenvalue weighted by Crippen LogP contribution is -2.43. The third-order valence-electron chi connectivity index (χ3n) is 5.49. The second-order valence-corrected chi connectivity index (χ2v) is 7.27. The van der Waals surface area contributed by atoms with E-state index >= 15 is 0 Å². The Bertz CT molecular complexity index is 462. The molecular formula is C19H29NO. The zero-order valence-corrected chi connectivity index (χ0v) is 13.6. The lowest BCUT2D eigenvalue weighted by atomic mass is 9.69. The molecule has 4 atom stereocenters. The second-order valence-electron chi connectivity index (χ2n) is 7.27. The Morgan fingerprint density at radius 3 is 2.52 bits per heavy atom. The van der Waals surface area contributed by atoms with Gasteiger partial charge in [0.15, 0.2) is 0 Å². The standard InChI is InChI=1S/C19H29NO/c1-13-10-14(2)12-15(11-13)19(20-3)17-8-9-21-18-7-5-4-6-16(17)18/h4-7,13-15,17,19-20H,8-12H2,1-3H3. The van der Waals surface area contributed by atoms with E-state index in [4.69, 9.17) is 4.74 Å². The summed E-state index contributed by atoms with van der Waals surface area (Å²) in [4.78, 5) is 0. The highest BCUT2D eigenvalue weighted by Crippen LogP contribution is 2.42. The molecule has 0 radical (unpaired) electrons. The molecule has 0 saturated heterocycles. The highest BCUT2D eigenvalue weighted by Gasteiger charge is 2.36. The molecule has 0 aromatic heterocycles. The number of rotatable bonds is 3. The Hall–Kier alpha value is -1.02. The average Bonchev–Trinajstić information content (AvgIpc) is 2.47. The maximum atomic E-state index is 5.85. The second kappa shape index (κ2) is 6.39. The van der Waals surface area contributed by atoms with Crippen LogP contribution >= 0.6 is 0 Å². The van der Waals surface area contributed by atoms with Crippen LogP contribution in [0.2, 0.25) is 0 Å². The third kappa shape index (κ3) is 3.11. The predicted octanol–water partition coefficient (Wildman–Crippen LogP) is 4.21. The van der Waals surface area contributed by atoms with Gasteiger partial charge in [0.1, 0.15) is 5.75 Å². The molecule has 1 aliphatic carbocycles. The van der Waals surface area contributed by atoms with Gasteiger partial charge in [0.2, 0.25) is 0 Å². The first-order valence-electron chi connectivity index (χ1n) is 8.58. The fraction of sp³-hybridized carbons (Fsp3) is 0.684. The van der Waals surface area contributed by atoms with E-state index in [-0.39, 0.29) is 0 Å². The predicted molar refractivity (Wildman–Crippen MR) is 87.8 cm³/mol. The Kier molecular flexibility index (Phi) is 4.54. The molecule has 0 spiro atoms. The van der Waals surface area contributed by atoms with E-state index in [0.29, 0.717) is 12.0 Å². The average molecular weight is 287 g/mol. The first kappa shape index (κ1) is 14.9. The minimum atomic E-state index is 0.584. The fourth-order valence-corrected chi connectivity index (χ4v) is 4.81. The highest BCUT2D eigenvalue weighted by atomic mass is 16.5. The first-order valence-corrected chi connectivity index (χ1v) is 8.58. The van der Waals surface area contributed by atoms with E-state index in [2.05, 4.69) is 50.5 Å². The summed E-state index contributed by atoms with van der Waals surface area (Å²) in [5.41, 5.74) is 1.41. The summed E-state index contributed by atoms with van der Waals surface area (Å²) < 4.78 is 5.85. The summed E-state index contributed by atoms with van der Waals surface area (Å²) >= 11 is 0. The summed E-state index contributed by atoms with van der Waals surface area (Å²) in [5.74, 6) is 4.23. The van der Waals surface area contributed by atoms with Crippen LogP contribution in [0.25, 0.3) is 0 Å². The Balaban J connectivity index is 1.84. The number of para-hydroxylation sites is 1. The van der Waals surface area contributed by atoms with Crippen LogP contribution in [-0.2, 0) is 0 Å². The van der Waals surface area contributed by atoms with Crippen molar-refractivity contribution in [3.63, 3.8) is 0 Å². The number of benzene rings is 1. The molecule has 21 heavy (non-hydrogen) atoms. The van der Waals surface area contributed by atoms with Gasteiger partial charge in [-0.25, -0.2) is 0 Å². The van der Waals surface area contributed by atoms with E-state index in [1.54, 1.807) is 0 Å². The van der Waals surface area contributed by atoms with Crippen molar-refractivity contribution in [2.75, 3.05) is 13.7 Å². The van der Waals surface area contributed by atoms with Crippen LogP contribution in [0, 0.1) is 17.8 Å². The van der Waals surface area contributed by atoms with Crippen molar-refractivity contribution in [1.29, 1.82) is 0 Å².